The molecule has 166 valence electrons. The fourth-order valence-electron chi connectivity index (χ4n) is 3.33. The van der Waals surface area contributed by atoms with Crippen molar-refractivity contribution in [1.29, 1.82) is 0 Å². The van der Waals surface area contributed by atoms with Crippen molar-refractivity contribution in [2.45, 2.75) is 45.9 Å². The average Bonchev–Trinajstić information content (AvgIpc) is 3.08. The molecule has 0 bridgehead atoms. The van der Waals surface area contributed by atoms with E-state index in [0.717, 1.165) is 13.0 Å². The van der Waals surface area contributed by atoms with E-state index in [1.807, 2.05) is 6.07 Å². The number of hydrogen-bond donors (Lipinski definition) is 2. The van der Waals surface area contributed by atoms with Gasteiger partial charge in [0.05, 0.1) is 11.8 Å². The summed E-state index contributed by atoms with van der Waals surface area (Å²) in [5.74, 6) is 0.907. The highest BCUT2D eigenvalue weighted by Crippen LogP contribution is 2.31. The number of ether oxygens (including phenoxy) is 2. The molecule has 1 aliphatic heterocycles. The van der Waals surface area contributed by atoms with E-state index in [1.54, 1.807) is 32.4 Å². The number of para-hydroxylation sites is 2. The number of benzene rings is 1. The van der Waals surface area contributed by atoms with Gasteiger partial charge >= 0.3 is 6.61 Å². The molecule has 2 atom stereocenters. The third-order valence-corrected chi connectivity index (χ3v) is 4.88. The maximum Gasteiger partial charge on any atom is 0.387 e. The summed E-state index contributed by atoms with van der Waals surface area (Å²) < 4.78 is 35.5. The summed E-state index contributed by atoms with van der Waals surface area (Å²) in [5.41, 5.74) is 0.696. The number of nitrogens with zero attached hydrogens (tertiary/aromatic N) is 2. The largest absolute Gasteiger partial charge is 0.433 e. The lowest BCUT2D eigenvalue weighted by molar-refractivity contribution is -0.0495. The first-order valence-corrected chi connectivity index (χ1v) is 9.53. The van der Waals surface area contributed by atoms with Crippen molar-refractivity contribution in [1.82, 2.24) is 10.6 Å². The molecule has 1 aliphatic rings. The Labute approximate surface area is 189 Å². The number of hydrogen-bond acceptors (Lipinski definition) is 4. The lowest BCUT2D eigenvalue weighted by atomic mass is 9.89. The molecule has 0 aromatic heterocycles. The van der Waals surface area contributed by atoms with Gasteiger partial charge in [-0.15, -0.1) is 24.0 Å². The van der Waals surface area contributed by atoms with Crippen LogP contribution in [0.2, 0.25) is 0 Å². The number of aliphatic imine (C=N–C) groups is 1. The Morgan fingerprint density at radius 2 is 2.00 bits per heavy atom. The molecule has 29 heavy (non-hydrogen) atoms. The van der Waals surface area contributed by atoms with Gasteiger partial charge in [0.25, 0.3) is 0 Å². The highest BCUT2D eigenvalue weighted by molar-refractivity contribution is 14.0. The van der Waals surface area contributed by atoms with Gasteiger partial charge in [0, 0.05) is 39.8 Å². The minimum absolute atomic E-state index is 0. The fraction of sp³-hybridized carbons (Fsp3) is 0.650. The van der Waals surface area contributed by atoms with Crippen molar-refractivity contribution in [2.24, 2.45) is 10.4 Å². The van der Waals surface area contributed by atoms with Gasteiger partial charge in [-0.25, -0.2) is 0 Å². The molecule has 1 fully saturated rings. The lowest BCUT2D eigenvalue weighted by Gasteiger charge is -2.30. The highest BCUT2D eigenvalue weighted by Gasteiger charge is 2.27. The van der Waals surface area contributed by atoms with Crippen LogP contribution >= 0.6 is 24.0 Å². The van der Waals surface area contributed by atoms with Crippen LogP contribution < -0.4 is 20.3 Å². The lowest BCUT2D eigenvalue weighted by Crippen LogP contribution is -2.48. The summed E-state index contributed by atoms with van der Waals surface area (Å²) in [6.07, 6.45) is 0.918. The highest BCUT2D eigenvalue weighted by atomic mass is 127. The number of rotatable bonds is 7. The van der Waals surface area contributed by atoms with E-state index in [2.05, 4.69) is 46.0 Å². The zero-order valence-corrected chi connectivity index (χ0v) is 20.1. The molecule has 1 saturated heterocycles. The van der Waals surface area contributed by atoms with E-state index in [1.165, 1.54) is 0 Å². The van der Waals surface area contributed by atoms with E-state index in [4.69, 9.17) is 4.74 Å². The first kappa shape index (κ1) is 25.7. The van der Waals surface area contributed by atoms with Gasteiger partial charge in [-0.05, 0) is 24.0 Å². The van der Waals surface area contributed by atoms with Crippen LogP contribution in [0, 0.1) is 5.41 Å². The van der Waals surface area contributed by atoms with Crippen LogP contribution in [0.5, 0.6) is 5.75 Å². The van der Waals surface area contributed by atoms with Gasteiger partial charge in [-0.2, -0.15) is 8.78 Å². The molecule has 0 radical (unpaired) electrons. The predicted molar refractivity (Wildman–Crippen MR) is 124 cm³/mol. The topological polar surface area (TPSA) is 58.1 Å². The third-order valence-electron chi connectivity index (χ3n) is 4.88. The maximum absolute atomic E-state index is 12.7. The number of nitrogens with one attached hydrogen (secondary N) is 2. The minimum atomic E-state index is -2.84. The van der Waals surface area contributed by atoms with Crippen LogP contribution in [0.25, 0.3) is 0 Å². The van der Waals surface area contributed by atoms with E-state index in [0.29, 0.717) is 24.7 Å². The Morgan fingerprint density at radius 1 is 1.31 bits per heavy atom. The first-order chi connectivity index (χ1) is 13.2. The molecule has 9 heteroatoms. The van der Waals surface area contributed by atoms with Crippen LogP contribution in [0.1, 0.15) is 27.2 Å². The molecule has 0 saturated carbocycles. The number of guanidine groups is 1. The molecule has 1 heterocycles. The van der Waals surface area contributed by atoms with Gasteiger partial charge in [0.1, 0.15) is 5.75 Å². The molecule has 0 aliphatic carbocycles. The van der Waals surface area contributed by atoms with Crippen molar-refractivity contribution in [3.05, 3.63) is 24.3 Å². The summed E-state index contributed by atoms with van der Waals surface area (Å²) >= 11 is 0. The molecular weight excluding hydrogens is 493 g/mol. The zero-order chi connectivity index (χ0) is 20.7. The van der Waals surface area contributed by atoms with E-state index >= 15 is 0 Å². The molecule has 0 spiro atoms. The predicted octanol–water partition coefficient (Wildman–Crippen LogP) is 3.71. The smallest absolute Gasteiger partial charge is 0.387 e. The van der Waals surface area contributed by atoms with Crippen LogP contribution in [0.3, 0.4) is 0 Å². The van der Waals surface area contributed by atoms with Crippen molar-refractivity contribution < 1.29 is 18.3 Å². The quantitative estimate of drug-likeness (QED) is 0.323. The Morgan fingerprint density at radius 3 is 2.59 bits per heavy atom. The average molecular weight is 526 g/mol. The Hall–Kier alpha value is -1.36. The van der Waals surface area contributed by atoms with Gasteiger partial charge < -0.3 is 25.0 Å². The fourth-order valence-corrected chi connectivity index (χ4v) is 3.33. The second kappa shape index (κ2) is 11.7. The number of alkyl halides is 2. The normalized spacial score (nSPS) is 18.4. The molecule has 0 amide bonds. The van der Waals surface area contributed by atoms with Gasteiger partial charge in [0.2, 0.25) is 0 Å². The zero-order valence-electron chi connectivity index (χ0n) is 17.7. The van der Waals surface area contributed by atoms with Crippen LogP contribution in [-0.4, -0.2) is 58.5 Å². The van der Waals surface area contributed by atoms with Crippen molar-refractivity contribution >= 4 is 35.6 Å². The van der Waals surface area contributed by atoms with E-state index < -0.39 is 6.61 Å². The second-order valence-electron chi connectivity index (χ2n) is 7.97. The standard InChI is InChI=1S/C20H32F2N4O2.HI/c1-20(2,3)17(27-5)12-24-19(23-4)25-14-10-11-26(13-14)15-8-6-7-9-16(15)28-18(21)22;/h6-9,14,17-18H,10-13H2,1-5H3,(H2,23,24,25);1H. The summed E-state index contributed by atoms with van der Waals surface area (Å²) in [4.78, 5) is 6.34. The Bertz CT molecular complexity index is 656. The number of halogens is 3. The summed E-state index contributed by atoms with van der Waals surface area (Å²) in [5, 5.41) is 6.73. The van der Waals surface area contributed by atoms with Gasteiger partial charge in [-0.1, -0.05) is 32.9 Å². The summed E-state index contributed by atoms with van der Waals surface area (Å²) in [6.45, 7) is 5.63. The molecule has 6 nitrogen and oxygen atoms in total. The van der Waals surface area contributed by atoms with Crippen molar-refractivity contribution in [3.8, 4) is 5.75 Å². The van der Waals surface area contributed by atoms with Crippen LogP contribution in [-0.2, 0) is 4.74 Å². The number of methoxy groups -OCH3 is 1. The Balaban J connectivity index is 0.00000420. The Kier molecular flexibility index (Phi) is 10.4. The molecule has 1 aromatic rings. The maximum atomic E-state index is 12.7. The molecule has 2 rings (SSSR count). The van der Waals surface area contributed by atoms with Crippen LogP contribution in [0.15, 0.2) is 29.3 Å². The van der Waals surface area contributed by atoms with Crippen molar-refractivity contribution in [3.63, 3.8) is 0 Å². The van der Waals surface area contributed by atoms with E-state index in [9.17, 15) is 8.78 Å². The second-order valence-corrected chi connectivity index (χ2v) is 7.97. The third kappa shape index (κ3) is 7.76. The minimum Gasteiger partial charge on any atom is -0.433 e. The first-order valence-electron chi connectivity index (χ1n) is 9.53. The summed E-state index contributed by atoms with van der Waals surface area (Å²) in [6, 6.07) is 7.05. The molecular formula is C20H33F2IN4O2. The monoisotopic (exact) mass is 526 g/mol. The summed E-state index contributed by atoms with van der Waals surface area (Å²) in [7, 11) is 3.44. The SMILES string of the molecule is CN=C(NCC(OC)C(C)(C)C)NC1CCN(c2ccccc2OC(F)F)C1.I. The molecule has 2 unspecified atom stereocenters. The number of anilines is 1. The van der Waals surface area contributed by atoms with Crippen LogP contribution in [0.4, 0.5) is 14.5 Å². The molecule has 1 aromatic carbocycles. The van der Waals surface area contributed by atoms with E-state index in [-0.39, 0.29) is 47.3 Å². The molecule has 2 N–H and O–H groups in total. The van der Waals surface area contributed by atoms with Crippen molar-refractivity contribution in [2.75, 3.05) is 38.7 Å². The van der Waals surface area contributed by atoms with Gasteiger partial charge in [-0.3, -0.25) is 4.99 Å². The van der Waals surface area contributed by atoms with Gasteiger partial charge in [0.15, 0.2) is 5.96 Å².